The second kappa shape index (κ2) is 5.99. The average Bonchev–Trinajstić information content (AvgIpc) is 3.03. The van der Waals surface area contributed by atoms with Crippen LogP contribution in [-0.4, -0.2) is 36.7 Å². The number of aromatic nitrogens is 5. The van der Waals surface area contributed by atoms with Crippen LogP contribution >= 0.6 is 0 Å². The molecule has 3 aromatic rings. The fraction of sp³-hybridized carbons (Fsp3) is 0.353. The summed E-state index contributed by atoms with van der Waals surface area (Å²) in [5.74, 6) is 1.78. The third-order valence-corrected chi connectivity index (χ3v) is 4.36. The molecule has 7 heteroatoms. The Morgan fingerprint density at radius 2 is 2.12 bits per heavy atom. The van der Waals surface area contributed by atoms with Crippen LogP contribution in [0.25, 0.3) is 11.0 Å². The molecule has 4 rings (SSSR count). The smallest absolute Gasteiger partial charge is 0.271 e. The number of nitrogens with zero attached hydrogens (tertiary/aromatic N) is 5. The lowest BCUT2D eigenvalue weighted by molar-refractivity contribution is 0.0922. The second-order valence-electron chi connectivity index (χ2n) is 5.95. The van der Waals surface area contributed by atoms with Crippen molar-refractivity contribution in [1.82, 2.24) is 30.0 Å². The van der Waals surface area contributed by atoms with Gasteiger partial charge in [-0.2, -0.15) is 0 Å². The maximum absolute atomic E-state index is 12.5. The van der Waals surface area contributed by atoms with Gasteiger partial charge in [-0.15, -0.1) is 10.2 Å². The topological polar surface area (TPSA) is 85.6 Å². The standard InChI is InChI=1S/C17H18N6O/c1-2-15-21-22-16-8-7-11(10-23(15)16)19-17(24)14-9-18-12-5-3-4-6-13(12)20-14/h3-6,9,11H,2,7-8,10H2,1H3,(H,19,24). The number of hydrogen-bond acceptors (Lipinski definition) is 5. The Morgan fingerprint density at radius 1 is 1.29 bits per heavy atom. The van der Waals surface area contributed by atoms with Gasteiger partial charge >= 0.3 is 0 Å². The highest BCUT2D eigenvalue weighted by Crippen LogP contribution is 2.16. The normalized spacial score (nSPS) is 16.8. The van der Waals surface area contributed by atoms with E-state index in [1.54, 1.807) is 0 Å². The van der Waals surface area contributed by atoms with Gasteiger partial charge < -0.3 is 9.88 Å². The Bertz CT molecular complexity index is 889. The summed E-state index contributed by atoms with van der Waals surface area (Å²) in [6.07, 6.45) is 4.04. The molecule has 0 aliphatic carbocycles. The molecule has 1 aromatic carbocycles. The molecule has 1 amide bonds. The van der Waals surface area contributed by atoms with Gasteiger partial charge in [-0.1, -0.05) is 19.1 Å². The number of rotatable bonds is 3. The van der Waals surface area contributed by atoms with Crippen LogP contribution < -0.4 is 5.32 Å². The number of para-hydroxylation sites is 2. The summed E-state index contributed by atoms with van der Waals surface area (Å²) >= 11 is 0. The van der Waals surface area contributed by atoms with Crippen molar-refractivity contribution in [3.05, 3.63) is 47.8 Å². The molecule has 1 aliphatic rings. The Labute approximate surface area is 139 Å². The lowest BCUT2D eigenvalue weighted by atomic mass is 10.1. The minimum Gasteiger partial charge on any atom is -0.346 e. The van der Waals surface area contributed by atoms with Gasteiger partial charge in [-0.05, 0) is 18.6 Å². The maximum Gasteiger partial charge on any atom is 0.271 e. The minimum absolute atomic E-state index is 0.0552. The van der Waals surface area contributed by atoms with Crippen LogP contribution in [0.5, 0.6) is 0 Å². The third-order valence-electron chi connectivity index (χ3n) is 4.36. The maximum atomic E-state index is 12.5. The van der Waals surface area contributed by atoms with E-state index in [0.29, 0.717) is 12.2 Å². The van der Waals surface area contributed by atoms with Crippen molar-refractivity contribution in [2.75, 3.05) is 0 Å². The van der Waals surface area contributed by atoms with Crippen LogP contribution in [0.4, 0.5) is 0 Å². The predicted molar refractivity (Wildman–Crippen MR) is 88.5 cm³/mol. The first-order valence-electron chi connectivity index (χ1n) is 8.18. The van der Waals surface area contributed by atoms with Gasteiger partial charge in [0.25, 0.3) is 5.91 Å². The van der Waals surface area contributed by atoms with Crippen molar-refractivity contribution in [3.63, 3.8) is 0 Å². The van der Waals surface area contributed by atoms with Crippen LogP contribution in [0.15, 0.2) is 30.5 Å². The van der Waals surface area contributed by atoms with E-state index in [-0.39, 0.29) is 11.9 Å². The molecule has 0 radical (unpaired) electrons. The van der Waals surface area contributed by atoms with Gasteiger partial charge in [0.05, 0.1) is 17.2 Å². The zero-order valence-electron chi connectivity index (χ0n) is 13.4. The van der Waals surface area contributed by atoms with E-state index >= 15 is 0 Å². The molecule has 0 bridgehead atoms. The van der Waals surface area contributed by atoms with Crippen LogP contribution in [0.2, 0.25) is 0 Å². The average molecular weight is 322 g/mol. The number of benzene rings is 1. The highest BCUT2D eigenvalue weighted by atomic mass is 16.2. The second-order valence-corrected chi connectivity index (χ2v) is 5.95. The number of carbonyl (C=O) groups excluding carboxylic acids is 1. The Morgan fingerprint density at radius 3 is 2.96 bits per heavy atom. The largest absolute Gasteiger partial charge is 0.346 e. The summed E-state index contributed by atoms with van der Waals surface area (Å²) in [5.41, 5.74) is 1.86. The molecule has 0 saturated heterocycles. The predicted octanol–water partition coefficient (Wildman–Crippen LogP) is 1.53. The first-order chi connectivity index (χ1) is 11.7. The molecule has 0 spiro atoms. The van der Waals surface area contributed by atoms with E-state index in [0.717, 1.165) is 41.9 Å². The van der Waals surface area contributed by atoms with Gasteiger partial charge in [0.1, 0.15) is 17.3 Å². The molecule has 7 nitrogen and oxygen atoms in total. The van der Waals surface area contributed by atoms with Crippen molar-refractivity contribution in [1.29, 1.82) is 0 Å². The van der Waals surface area contributed by atoms with Crippen molar-refractivity contribution in [2.45, 2.75) is 38.8 Å². The van der Waals surface area contributed by atoms with E-state index in [4.69, 9.17) is 0 Å². The van der Waals surface area contributed by atoms with Crippen molar-refractivity contribution in [3.8, 4) is 0 Å². The number of amides is 1. The monoisotopic (exact) mass is 322 g/mol. The van der Waals surface area contributed by atoms with Crippen molar-refractivity contribution >= 4 is 16.9 Å². The number of fused-ring (bicyclic) bond motifs is 2. The molecule has 122 valence electrons. The summed E-state index contributed by atoms with van der Waals surface area (Å²) in [5, 5.41) is 11.5. The lowest BCUT2D eigenvalue weighted by Gasteiger charge is -2.25. The van der Waals surface area contributed by atoms with Crippen LogP contribution in [-0.2, 0) is 19.4 Å². The molecule has 0 fully saturated rings. The van der Waals surface area contributed by atoms with Crippen LogP contribution in [0.3, 0.4) is 0 Å². The first-order valence-corrected chi connectivity index (χ1v) is 8.18. The van der Waals surface area contributed by atoms with E-state index in [9.17, 15) is 4.79 Å². The van der Waals surface area contributed by atoms with Gasteiger partial charge in [0.2, 0.25) is 0 Å². The number of carbonyl (C=O) groups is 1. The van der Waals surface area contributed by atoms with Gasteiger partial charge in [0.15, 0.2) is 0 Å². The van der Waals surface area contributed by atoms with Crippen LogP contribution in [0, 0.1) is 0 Å². The molecular weight excluding hydrogens is 304 g/mol. The van der Waals surface area contributed by atoms with E-state index < -0.39 is 0 Å². The molecule has 24 heavy (non-hydrogen) atoms. The summed E-state index contributed by atoms with van der Waals surface area (Å²) in [4.78, 5) is 21.2. The molecule has 3 heterocycles. The molecule has 1 aliphatic heterocycles. The number of aryl methyl sites for hydroxylation is 2. The third kappa shape index (κ3) is 2.62. The highest BCUT2D eigenvalue weighted by molar-refractivity contribution is 5.93. The number of nitrogens with one attached hydrogen (secondary N) is 1. The molecule has 2 aromatic heterocycles. The van der Waals surface area contributed by atoms with Crippen molar-refractivity contribution in [2.24, 2.45) is 0 Å². The van der Waals surface area contributed by atoms with E-state index in [1.165, 1.54) is 6.20 Å². The molecular formula is C17H18N6O. The molecule has 0 saturated carbocycles. The molecule has 1 atom stereocenters. The fourth-order valence-corrected chi connectivity index (χ4v) is 3.09. The minimum atomic E-state index is -0.187. The van der Waals surface area contributed by atoms with E-state index in [2.05, 4.69) is 37.0 Å². The highest BCUT2D eigenvalue weighted by Gasteiger charge is 2.24. The lowest BCUT2D eigenvalue weighted by Crippen LogP contribution is -2.41. The van der Waals surface area contributed by atoms with Gasteiger partial charge in [0, 0.05) is 25.4 Å². The Kier molecular flexibility index (Phi) is 3.68. The molecule has 1 N–H and O–H groups in total. The Balaban J connectivity index is 1.51. The first kappa shape index (κ1) is 14.7. The van der Waals surface area contributed by atoms with Gasteiger partial charge in [-0.25, -0.2) is 4.98 Å². The van der Waals surface area contributed by atoms with Crippen molar-refractivity contribution < 1.29 is 4.79 Å². The van der Waals surface area contributed by atoms with Gasteiger partial charge in [-0.3, -0.25) is 9.78 Å². The number of hydrogen-bond donors (Lipinski definition) is 1. The summed E-state index contributed by atoms with van der Waals surface area (Å²) in [7, 11) is 0. The SMILES string of the molecule is CCc1nnc2n1CC(NC(=O)c1cnc3ccccc3n1)CC2. The summed E-state index contributed by atoms with van der Waals surface area (Å²) in [6.45, 7) is 2.77. The summed E-state index contributed by atoms with van der Waals surface area (Å²) < 4.78 is 2.11. The Hall–Kier alpha value is -2.83. The van der Waals surface area contributed by atoms with E-state index in [1.807, 2.05) is 24.3 Å². The molecule has 1 unspecified atom stereocenters. The summed E-state index contributed by atoms with van der Waals surface area (Å²) in [6, 6.07) is 7.59. The fourth-order valence-electron chi connectivity index (χ4n) is 3.09. The van der Waals surface area contributed by atoms with Crippen LogP contribution in [0.1, 0.15) is 35.5 Å². The zero-order valence-corrected chi connectivity index (χ0v) is 13.4. The quantitative estimate of drug-likeness (QED) is 0.790. The zero-order chi connectivity index (χ0) is 16.5.